The van der Waals surface area contributed by atoms with Crippen LogP contribution >= 0.6 is 0 Å². The number of likely N-dealkylation sites (tertiary alicyclic amines) is 1. The summed E-state index contributed by atoms with van der Waals surface area (Å²) in [4.78, 5) is 25.1. The summed E-state index contributed by atoms with van der Waals surface area (Å²) in [6.45, 7) is 2.83. The van der Waals surface area contributed by atoms with Crippen molar-refractivity contribution in [2.24, 2.45) is 11.1 Å². The van der Waals surface area contributed by atoms with Gasteiger partial charge < -0.3 is 15.7 Å². The summed E-state index contributed by atoms with van der Waals surface area (Å²) in [5.74, 6) is -0.851. The molecule has 1 aliphatic carbocycles. The molecule has 0 radical (unpaired) electrons. The average Bonchev–Trinajstić information content (AvgIpc) is 3.07. The van der Waals surface area contributed by atoms with Gasteiger partial charge in [0.15, 0.2) is 0 Å². The summed E-state index contributed by atoms with van der Waals surface area (Å²) in [5, 5.41) is 9.34. The number of piperidine rings is 1. The summed E-state index contributed by atoms with van der Waals surface area (Å²) >= 11 is 0. The first-order chi connectivity index (χ1) is 7.93. The lowest BCUT2D eigenvalue weighted by atomic mass is 9.77. The van der Waals surface area contributed by atoms with Gasteiger partial charge in [-0.3, -0.25) is 9.59 Å². The minimum absolute atomic E-state index is 0.0590. The van der Waals surface area contributed by atoms with Gasteiger partial charge in [0.05, 0.1) is 11.0 Å². The number of aliphatic carboxylic acids is 1. The predicted molar refractivity (Wildman–Crippen MR) is 62.3 cm³/mol. The molecule has 1 amide bonds. The van der Waals surface area contributed by atoms with Crippen LogP contribution in [0, 0.1) is 5.41 Å². The van der Waals surface area contributed by atoms with Gasteiger partial charge in [-0.05, 0) is 32.1 Å². The number of hydrogen-bond acceptors (Lipinski definition) is 3. The molecule has 2 rings (SSSR count). The monoisotopic (exact) mass is 240 g/mol. The van der Waals surface area contributed by atoms with Crippen molar-refractivity contribution in [3.05, 3.63) is 0 Å². The smallest absolute Gasteiger partial charge is 0.311 e. The van der Waals surface area contributed by atoms with Crippen LogP contribution in [0.3, 0.4) is 0 Å². The predicted octanol–water partition coefficient (Wildman–Crippen LogP) is 0.581. The molecule has 0 aromatic carbocycles. The molecule has 3 N–H and O–H groups in total. The first-order valence-corrected chi connectivity index (χ1v) is 6.25. The van der Waals surface area contributed by atoms with Crippen molar-refractivity contribution in [1.82, 2.24) is 4.90 Å². The molecule has 1 unspecified atom stereocenters. The molecule has 5 nitrogen and oxygen atoms in total. The van der Waals surface area contributed by atoms with E-state index in [4.69, 9.17) is 5.73 Å². The zero-order valence-electron chi connectivity index (χ0n) is 10.2. The maximum absolute atomic E-state index is 12.1. The second-order valence-corrected chi connectivity index (χ2v) is 5.43. The van der Waals surface area contributed by atoms with E-state index < -0.39 is 16.9 Å². The van der Waals surface area contributed by atoms with Crippen molar-refractivity contribution in [2.75, 3.05) is 13.1 Å². The first-order valence-electron chi connectivity index (χ1n) is 6.25. The largest absolute Gasteiger partial charge is 0.481 e. The van der Waals surface area contributed by atoms with E-state index in [0.29, 0.717) is 25.9 Å². The number of carbonyl (C=O) groups is 2. The normalized spacial score (nSPS) is 31.1. The molecule has 1 heterocycles. The molecule has 0 aromatic rings. The van der Waals surface area contributed by atoms with Gasteiger partial charge in [-0.2, -0.15) is 0 Å². The lowest BCUT2D eigenvalue weighted by Gasteiger charge is -2.40. The van der Waals surface area contributed by atoms with Crippen molar-refractivity contribution in [3.63, 3.8) is 0 Å². The van der Waals surface area contributed by atoms with E-state index in [-0.39, 0.29) is 5.91 Å². The van der Waals surface area contributed by atoms with Crippen molar-refractivity contribution in [3.8, 4) is 0 Å². The van der Waals surface area contributed by atoms with Crippen LogP contribution in [0.4, 0.5) is 0 Å². The fourth-order valence-corrected chi connectivity index (χ4v) is 2.58. The van der Waals surface area contributed by atoms with Crippen LogP contribution in [0.15, 0.2) is 0 Å². The zero-order chi connectivity index (χ0) is 12.7. The second kappa shape index (κ2) is 3.98. The minimum atomic E-state index is -0.792. The van der Waals surface area contributed by atoms with Crippen LogP contribution in [-0.4, -0.2) is 40.5 Å². The van der Waals surface area contributed by atoms with E-state index in [0.717, 1.165) is 19.3 Å². The Balaban J connectivity index is 2.11. The zero-order valence-corrected chi connectivity index (χ0v) is 10.2. The van der Waals surface area contributed by atoms with Crippen LogP contribution in [0.5, 0.6) is 0 Å². The van der Waals surface area contributed by atoms with Gasteiger partial charge in [0.1, 0.15) is 0 Å². The Morgan fingerprint density at radius 1 is 1.35 bits per heavy atom. The van der Waals surface area contributed by atoms with E-state index in [2.05, 4.69) is 0 Å². The maximum atomic E-state index is 12.1. The first kappa shape index (κ1) is 12.4. The lowest BCUT2D eigenvalue weighted by molar-refractivity contribution is -0.155. The van der Waals surface area contributed by atoms with Gasteiger partial charge >= 0.3 is 5.97 Å². The number of carboxylic acid groups (broad SMARTS) is 1. The van der Waals surface area contributed by atoms with Crippen molar-refractivity contribution >= 4 is 11.9 Å². The van der Waals surface area contributed by atoms with Gasteiger partial charge in [-0.15, -0.1) is 0 Å². The van der Waals surface area contributed by atoms with Gasteiger partial charge in [0.25, 0.3) is 0 Å². The third-order valence-corrected chi connectivity index (χ3v) is 4.21. The molecule has 0 bridgehead atoms. The van der Waals surface area contributed by atoms with Gasteiger partial charge in [0, 0.05) is 13.1 Å². The number of amides is 1. The fourth-order valence-electron chi connectivity index (χ4n) is 2.58. The van der Waals surface area contributed by atoms with E-state index in [1.807, 2.05) is 6.92 Å². The molecular formula is C12H20N2O3. The highest BCUT2D eigenvalue weighted by atomic mass is 16.4. The molecular weight excluding hydrogens is 220 g/mol. The van der Waals surface area contributed by atoms with E-state index >= 15 is 0 Å². The molecule has 1 aliphatic heterocycles. The van der Waals surface area contributed by atoms with Crippen molar-refractivity contribution in [1.29, 1.82) is 0 Å². The number of carbonyl (C=O) groups excluding carboxylic acids is 1. The number of nitrogens with zero attached hydrogens (tertiary/aromatic N) is 1. The van der Waals surface area contributed by atoms with Crippen LogP contribution in [0.2, 0.25) is 0 Å². The highest BCUT2D eigenvalue weighted by Gasteiger charge is 2.51. The molecule has 5 heteroatoms. The SMILES string of the molecule is CCC1(C(=O)O)CCCN(C(=O)C2(N)CC2)C1. The minimum Gasteiger partial charge on any atom is -0.481 e. The Labute approximate surface area is 101 Å². The summed E-state index contributed by atoms with van der Waals surface area (Å²) < 4.78 is 0. The van der Waals surface area contributed by atoms with Crippen LogP contribution < -0.4 is 5.73 Å². The third-order valence-electron chi connectivity index (χ3n) is 4.21. The molecule has 2 aliphatic rings. The average molecular weight is 240 g/mol. The molecule has 17 heavy (non-hydrogen) atoms. The molecule has 0 spiro atoms. The van der Waals surface area contributed by atoms with Crippen LogP contribution in [0.25, 0.3) is 0 Å². The summed E-state index contributed by atoms with van der Waals surface area (Å²) in [6.07, 6.45) is 3.43. The number of carboxylic acids is 1. The quantitative estimate of drug-likeness (QED) is 0.756. The number of rotatable bonds is 3. The third kappa shape index (κ3) is 2.04. The van der Waals surface area contributed by atoms with Gasteiger partial charge in [0.2, 0.25) is 5.91 Å². The molecule has 2 fully saturated rings. The van der Waals surface area contributed by atoms with E-state index in [9.17, 15) is 14.7 Å². The van der Waals surface area contributed by atoms with E-state index in [1.54, 1.807) is 4.90 Å². The Kier molecular flexibility index (Phi) is 2.89. The molecule has 1 atom stereocenters. The topological polar surface area (TPSA) is 83.6 Å². The molecule has 0 aromatic heterocycles. The number of nitrogens with two attached hydrogens (primary N) is 1. The number of hydrogen-bond donors (Lipinski definition) is 2. The molecule has 1 saturated heterocycles. The molecule has 1 saturated carbocycles. The van der Waals surface area contributed by atoms with E-state index in [1.165, 1.54) is 0 Å². The van der Waals surface area contributed by atoms with Crippen LogP contribution in [-0.2, 0) is 9.59 Å². The summed E-state index contributed by atoms with van der Waals surface area (Å²) in [6, 6.07) is 0. The Morgan fingerprint density at radius 3 is 2.47 bits per heavy atom. The Morgan fingerprint density at radius 2 is 2.00 bits per heavy atom. The highest BCUT2D eigenvalue weighted by Crippen LogP contribution is 2.38. The summed E-state index contributed by atoms with van der Waals surface area (Å²) in [5.41, 5.74) is 4.44. The van der Waals surface area contributed by atoms with Crippen molar-refractivity contribution < 1.29 is 14.7 Å². The Hall–Kier alpha value is -1.10. The standard InChI is InChI=1S/C12H20N2O3/c1-2-11(10(16)17)4-3-7-14(8-11)9(15)12(13)5-6-12/h2-8,13H2,1H3,(H,16,17). The van der Waals surface area contributed by atoms with Crippen LogP contribution in [0.1, 0.15) is 39.0 Å². The fraction of sp³-hybridized carbons (Fsp3) is 0.833. The lowest BCUT2D eigenvalue weighted by Crippen LogP contribution is -2.54. The van der Waals surface area contributed by atoms with Crippen molar-refractivity contribution in [2.45, 2.75) is 44.6 Å². The maximum Gasteiger partial charge on any atom is 0.311 e. The summed E-state index contributed by atoms with van der Waals surface area (Å²) in [7, 11) is 0. The second-order valence-electron chi connectivity index (χ2n) is 5.43. The van der Waals surface area contributed by atoms with Gasteiger partial charge in [-0.25, -0.2) is 0 Å². The Bertz CT molecular complexity index is 352. The highest BCUT2D eigenvalue weighted by molar-refractivity contribution is 5.89. The molecule has 96 valence electrons. The van der Waals surface area contributed by atoms with Gasteiger partial charge in [-0.1, -0.05) is 6.92 Å².